The average Bonchev–Trinajstić information content (AvgIpc) is 2.45. The Morgan fingerprint density at radius 2 is 1.82 bits per heavy atom. The molecule has 0 N–H and O–H groups in total. The molecule has 1 saturated heterocycles. The highest BCUT2D eigenvalue weighted by Crippen LogP contribution is 2.21. The van der Waals surface area contributed by atoms with E-state index in [2.05, 4.69) is 15.0 Å². The van der Waals surface area contributed by atoms with Gasteiger partial charge in [0.05, 0.1) is 5.92 Å². The van der Waals surface area contributed by atoms with Crippen molar-refractivity contribution >= 4 is 35.0 Å². The number of imide groups is 1. The van der Waals surface area contributed by atoms with Crippen molar-refractivity contribution < 1.29 is 9.59 Å². The Morgan fingerprint density at radius 1 is 1.24 bits per heavy atom. The molecule has 1 unspecified atom stereocenters. The molecule has 1 atom stereocenters. The van der Waals surface area contributed by atoms with Crippen LogP contribution in [0.5, 0.6) is 0 Å². The van der Waals surface area contributed by atoms with Gasteiger partial charge in [0, 0.05) is 19.9 Å². The van der Waals surface area contributed by atoms with Crippen molar-refractivity contribution in [1.82, 2.24) is 19.9 Å². The molecule has 2 amide bonds. The van der Waals surface area contributed by atoms with Crippen LogP contribution >= 0.6 is 23.2 Å². The molecule has 17 heavy (non-hydrogen) atoms. The topological polar surface area (TPSA) is 76.1 Å². The van der Waals surface area contributed by atoms with Crippen LogP contribution in [-0.4, -0.2) is 38.7 Å². The Hall–Kier alpha value is -1.27. The third-order valence-corrected chi connectivity index (χ3v) is 2.87. The summed E-state index contributed by atoms with van der Waals surface area (Å²) in [6, 6.07) is 0. The lowest BCUT2D eigenvalue weighted by molar-refractivity contribution is -0.137. The van der Waals surface area contributed by atoms with Gasteiger partial charge in [0.25, 0.3) is 0 Å². The molecule has 1 fully saturated rings. The molecule has 6 nitrogen and oxygen atoms in total. The molecule has 0 aromatic carbocycles. The van der Waals surface area contributed by atoms with Crippen LogP contribution in [0.2, 0.25) is 10.6 Å². The molecule has 1 aliphatic rings. The Balaban J connectivity index is 2.16. The minimum absolute atomic E-state index is 0.0230. The lowest BCUT2D eigenvalue weighted by Crippen LogP contribution is -2.26. The fourth-order valence-corrected chi connectivity index (χ4v) is 2.07. The summed E-state index contributed by atoms with van der Waals surface area (Å²) in [5.41, 5.74) is 0. The first-order valence-corrected chi connectivity index (χ1v) is 5.59. The van der Waals surface area contributed by atoms with Gasteiger partial charge in [0.1, 0.15) is 5.82 Å². The largest absolute Gasteiger partial charge is 0.285 e. The quantitative estimate of drug-likeness (QED) is 0.743. The van der Waals surface area contributed by atoms with Gasteiger partial charge in [-0.15, -0.1) is 0 Å². The Kier molecular flexibility index (Phi) is 3.26. The zero-order valence-electron chi connectivity index (χ0n) is 8.85. The fraction of sp³-hybridized carbons (Fsp3) is 0.444. The lowest BCUT2D eigenvalue weighted by atomic mass is 10.0. The number of carbonyl (C=O) groups is 2. The summed E-state index contributed by atoms with van der Waals surface area (Å²) in [4.78, 5) is 35.4. The monoisotopic (exact) mass is 274 g/mol. The van der Waals surface area contributed by atoms with E-state index in [0.29, 0.717) is 5.82 Å². The highest BCUT2D eigenvalue weighted by atomic mass is 35.5. The molecular formula is C9H8Cl2N4O2. The van der Waals surface area contributed by atoms with Crippen LogP contribution in [0, 0.1) is 5.92 Å². The van der Waals surface area contributed by atoms with Gasteiger partial charge >= 0.3 is 0 Å². The third kappa shape index (κ3) is 2.53. The fourth-order valence-electron chi connectivity index (χ4n) is 1.67. The second-order valence-electron chi connectivity index (χ2n) is 3.69. The predicted octanol–water partition coefficient (Wildman–Crippen LogP) is 0.726. The summed E-state index contributed by atoms with van der Waals surface area (Å²) >= 11 is 11.2. The van der Waals surface area contributed by atoms with E-state index >= 15 is 0 Å². The summed E-state index contributed by atoms with van der Waals surface area (Å²) in [6.45, 7) is 0. The van der Waals surface area contributed by atoms with E-state index in [0.717, 1.165) is 4.90 Å². The van der Waals surface area contributed by atoms with Crippen molar-refractivity contribution in [3.63, 3.8) is 0 Å². The third-order valence-electron chi connectivity index (χ3n) is 2.53. The zero-order valence-corrected chi connectivity index (χ0v) is 10.4. The Morgan fingerprint density at radius 3 is 2.29 bits per heavy atom. The van der Waals surface area contributed by atoms with Crippen LogP contribution in [0.4, 0.5) is 0 Å². The highest BCUT2D eigenvalue weighted by molar-refractivity contribution is 6.31. The van der Waals surface area contributed by atoms with E-state index in [1.807, 2.05) is 0 Å². The maximum atomic E-state index is 11.7. The number of carbonyl (C=O) groups excluding carboxylic acids is 2. The lowest BCUT2D eigenvalue weighted by Gasteiger charge is -2.07. The standard InChI is InChI=1S/C9H8Cl2N4O2/c1-15-6(16)3-4(7(15)17)2-5-12-8(10)14-9(11)13-5/h4H,2-3H2,1H3. The molecule has 8 heteroatoms. The van der Waals surface area contributed by atoms with Crippen molar-refractivity contribution in [1.29, 1.82) is 0 Å². The van der Waals surface area contributed by atoms with Gasteiger partial charge in [-0.05, 0) is 23.2 Å². The molecule has 1 aromatic heterocycles. The van der Waals surface area contributed by atoms with Crippen molar-refractivity contribution in [2.45, 2.75) is 12.8 Å². The van der Waals surface area contributed by atoms with E-state index in [1.165, 1.54) is 7.05 Å². The van der Waals surface area contributed by atoms with Crippen LogP contribution in [0.3, 0.4) is 0 Å². The smallest absolute Gasteiger partial charge is 0.232 e. The number of amides is 2. The summed E-state index contributed by atoms with van der Waals surface area (Å²) in [5, 5.41) is -0.0461. The van der Waals surface area contributed by atoms with Gasteiger partial charge in [0.15, 0.2) is 0 Å². The number of nitrogens with zero attached hydrogens (tertiary/aromatic N) is 4. The number of rotatable bonds is 2. The molecule has 1 aliphatic heterocycles. The molecule has 0 spiro atoms. The van der Waals surface area contributed by atoms with Crippen molar-refractivity contribution in [2.75, 3.05) is 7.05 Å². The molecule has 2 heterocycles. The SMILES string of the molecule is CN1C(=O)CC(Cc2nc(Cl)nc(Cl)n2)C1=O. The summed E-state index contributed by atoms with van der Waals surface area (Å²) in [6.07, 6.45) is 0.396. The van der Waals surface area contributed by atoms with Crippen LogP contribution in [0.1, 0.15) is 12.2 Å². The number of hydrogen-bond donors (Lipinski definition) is 0. The first-order chi connectivity index (χ1) is 7.97. The molecule has 0 radical (unpaired) electrons. The summed E-state index contributed by atoms with van der Waals surface area (Å²) in [7, 11) is 1.46. The van der Waals surface area contributed by atoms with Gasteiger partial charge < -0.3 is 0 Å². The number of halogens is 2. The maximum Gasteiger partial charge on any atom is 0.232 e. The molecular weight excluding hydrogens is 267 g/mol. The summed E-state index contributed by atoms with van der Waals surface area (Å²) in [5.74, 6) is -0.563. The summed E-state index contributed by atoms with van der Waals surface area (Å²) < 4.78 is 0. The van der Waals surface area contributed by atoms with Crippen molar-refractivity contribution in [3.8, 4) is 0 Å². The zero-order chi connectivity index (χ0) is 12.6. The first-order valence-electron chi connectivity index (χ1n) is 4.83. The van der Waals surface area contributed by atoms with E-state index in [-0.39, 0.29) is 35.2 Å². The highest BCUT2D eigenvalue weighted by Gasteiger charge is 2.36. The second kappa shape index (κ2) is 4.54. The molecule has 0 saturated carbocycles. The molecule has 2 rings (SSSR count). The van der Waals surface area contributed by atoms with E-state index in [9.17, 15) is 9.59 Å². The Bertz CT molecular complexity index is 474. The molecule has 90 valence electrons. The van der Waals surface area contributed by atoms with Gasteiger partial charge in [-0.2, -0.15) is 4.98 Å². The molecule has 1 aromatic rings. The molecule has 0 bridgehead atoms. The van der Waals surface area contributed by atoms with Crippen molar-refractivity contribution in [2.24, 2.45) is 5.92 Å². The molecule has 0 aliphatic carbocycles. The predicted molar refractivity (Wildman–Crippen MR) is 59.4 cm³/mol. The van der Waals surface area contributed by atoms with E-state index in [4.69, 9.17) is 23.2 Å². The van der Waals surface area contributed by atoms with Crippen molar-refractivity contribution in [3.05, 3.63) is 16.4 Å². The van der Waals surface area contributed by atoms with Gasteiger partial charge in [-0.3, -0.25) is 14.5 Å². The first kappa shape index (κ1) is 12.2. The van der Waals surface area contributed by atoms with Gasteiger partial charge in [-0.1, -0.05) is 0 Å². The Labute approximate surface area is 107 Å². The number of aromatic nitrogens is 3. The second-order valence-corrected chi connectivity index (χ2v) is 4.36. The van der Waals surface area contributed by atoms with Gasteiger partial charge in [0.2, 0.25) is 22.4 Å². The number of hydrogen-bond acceptors (Lipinski definition) is 5. The van der Waals surface area contributed by atoms with Crippen LogP contribution in [-0.2, 0) is 16.0 Å². The van der Waals surface area contributed by atoms with Crippen LogP contribution in [0.25, 0.3) is 0 Å². The van der Waals surface area contributed by atoms with E-state index < -0.39 is 5.92 Å². The maximum absolute atomic E-state index is 11.7. The number of likely N-dealkylation sites (tertiary alicyclic amines) is 1. The van der Waals surface area contributed by atoms with Crippen LogP contribution in [0.15, 0.2) is 0 Å². The average molecular weight is 275 g/mol. The normalized spacial score (nSPS) is 20.2. The van der Waals surface area contributed by atoms with Gasteiger partial charge in [-0.25, -0.2) is 9.97 Å². The minimum atomic E-state index is -0.443. The van der Waals surface area contributed by atoms with Crippen LogP contribution < -0.4 is 0 Å². The minimum Gasteiger partial charge on any atom is -0.285 e. The van der Waals surface area contributed by atoms with E-state index in [1.54, 1.807) is 0 Å².